The van der Waals surface area contributed by atoms with Gasteiger partial charge < -0.3 is 15.4 Å². The first kappa shape index (κ1) is 14.8. The lowest BCUT2D eigenvalue weighted by Gasteiger charge is -2.24. The van der Waals surface area contributed by atoms with Crippen LogP contribution in [-0.2, 0) is 4.74 Å². The predicted octanol–water partition coefficient (Wildman–Crippen LogP) is 2.92. The number of aryl methyl sites for hydroxylation is 1. The highest BCUT2D eigenvalue weighted by Gasteiger charge is 2.18. The molecule has 0 unspecified atom stereocenters. The van der Waals surface area contributed by atoms with Crippen molar-refractivity contribution in [1.29, 1.82) is 0 Å². The van der Waals surface area contributed by atoms with Gasteiger partial charge in [-0.05, 0) is 37.6 Å². The smallest absolute Gasteiger partial charge is 0.340 e. The molecule has 5 nitrogen and oxygen atoms in total. The first-order chi connectivity index (χ1) is 10.1. The van der Waals surface area contributed by atoms with E-state index < -0.39 is 5.97 Å². The maximum Gasteiger partial charge on any atom is 0.340 e. The number of nitrogens with zero attached hydrogens (tertiary/aromatic N) is 2. The molecule has 1 heterocycles. The second-order valence-electron chi connectivity index (χ2n) is 4.67. The Bertz CT molecular complexity index is 656. The summed E-state index contributed by atoms with van der Waals surface area (Å²) < 4.78 is 4.75. The van der Waals surface area contributed by atoms with Crippen LogP contribution in [0.1, 0.15) is 22.8 Å². The molecular formula is C16H19N3O2. The van der Waals surface area contributed by atoms with E-state index in [1.807, 2.05) is 36.9 Å². The van der Waals surface area contributed by atoms with Gasteiger partial charge in [0.25, 0.3) is 0 Å². The zero-order chi connectivity index (χ0) is 15.4. The molecule has 1 aromatic carbocycles. The van der Waals surface area contributed by atoms with Crippen molar-refractivity contribution in [2.24, 2.45) is 0 Å². The quantitative estimate of drug-likeness (QED) is 0.875. The minimum absolute atomic E-state index is 0.327. The van der Waals surface area contributed by atoms with Gasteiger partial charge in [0.1, 0.15) is 0 Å². The fourth-order valence-corrected chi connectivity index (χ4v) is 2.22. The van der Waals surface area contributed by atoms with Crippen molar-refractivity contribution >= 4 is 23.2 Å². The largest absolute Gasteiger partial charge is 0.465 e. The molecule has 0 aliphatic heterocycles. The summed E-state index contributed by atoms with van der Waals surface area (Å²) in [7, 11) is 1.33. The Morgan fingerprint density at radius 2 is 2.14 bits per heavy atom. The van der Waals surface area contributed by atoms with Crippen LogP contribution in [-0.4, -0.2) is 24.6 Å². The average molecular weight is 285 g/mol. The van der Waals surface area contributed by atoms with Crippen molar-refractivity contribution in [2.45, 2.75) is 13.8 Å². The maximum atomic E-state index is 11.7. The summed E-state index contributed by atoms with van der Waals surface area (Å²) in [6, 6.07) is 9.61. The third kappa shape index (κ3) is 2.97. The monoisotopic (exact) mass is 285 g/mol. The molecule has 0 saturated carbocycles. The number of nitrogens with two attached hydrogens (primary N) is 1. The van der Waals surface area contributed by atoms with Crippen LogP contribution in [0.25, 0.3) is 0 Å². The predicted molar refractivity (Wildman–Crippen MR) is 83.8 cm³/mol. The number of anilines is 3. The lowest BCUT2D eigenvalue weighted by atomic mass is 10.1. The third-order valence-electron chi connectivity index (χ3n) is 3.26. The minimum atomic E-state index is -0.462. The molecule has 2 rings (SSSR count). The Kier molecular flexibility index (Phi) is 4.42. The van der Waals surface area contributed by atoms with Crippen molar-refractivity contribution in [3.8, 4) is 0 Å². The van der Waals surface area contributed by atoms with Crippen LogP contribution in [0.15, 0.2) is 36.5 Å². The molecule has 0 amide bonds. The minimum Gasteiger partial charge on any atom is -0.465 e. The summed E-state index contributed by atoms with van der Waals surface area (Å²) in [6.45, 7) is 4.72. The maximum absolute atomic E-state index is 11.7. The van der Waals surface area contributed by atoms with Crippen LogP contribution >= 0.6 is 0 Å². The van der Waals surface area contributed by atoms with Gasteiger partial charge in [0.2, 0.25) is 0 Å². The van der Waals surface area contributed by atoms with Gasteiger partial charge in [-0.1, -0.05) is 12.1 Å². The normalized spacial score (nSPS) is 10.2. The molecule has 0 radical (unpaired) electrons. The Morgan fingerprint density at radius 3 is 2.76 bits per heavy atom. The highest BCUT2D eigenvalue weighted by Crippen LogP contribution is 2.30. The summed E-state index contributed by atoms with van der Waals surface area (Å²) >= 11 is 0. The van der Waals surface area contributed by atoms with E-state index >= 15 is 0 Å². The number of hydrogen-bond donors (Lipinski definition) is 1. The van der Waals surface area contributed by atoms with E-state index in [-0.39, 0.29) is 0 Å². The van der Waals surface area contributed by atoms with Crippen LogP contribution in [0.2, 0.25) is 0 Å². The van der Waals surface area contributed by atoms with Crippen molar-refractivity contribution < 1.29 is 9.53 Å². The molecule has 0 atom stereocenters. The van der Waals surface area contributed by atoms with Gasteiger partial charge in [0.05, 0.1) is 18.4 Å². The van der Waals surface area contributed by atoms with Crippen molar-refractivity contribution in [1.82, 2.24) is 4.98 Å². The molecule has 1 aromatic heterocycles. The number of hydrogen-bond acceptors (Lipinski definition) is 5. The molecule has 0 aliphatic carbocycles. The van der Waals surface area contributed by atoms with Gasteiger partial charge in [-0.15, -0.1) is 0 Å². The second kappa shape index (κ2) is 6.26. The number of carbonyl (C=O) groups is 1. The van der Waals surface area contributed by atoms with Crippen molar-refractivity contribution in [3.05, 3.63) is 47.7 Å². The number of pyridine rings is 1. The number of ether oxygens (including phenoxy) is 1. The number of methoxy groups -OCH3 is 1. The van der Waals surface area contributed by atoms with Gasteiger partial charge in [-0.25, -0.2) is 9.78 Å². The Labute approximate surface area is 124 Å². The Hall–Kier alpha value is -2.56. The fourth-order valence-electron chi connectivity index (χ4n) is 2.22. The molecule has 0 spiro atoms. The molecule has 0 bridgehead atoms. The zero-order valence-electron chi connectivity index (χ0n) is 12.5. The fraction of sp³-hybridized carbons (Fsp3) is 0.250. The summed E-state index contributed by atoms with van der Waals surface area (Å²) in [6.07, 6.45) is 1.57. The molecule has 110 valence electrons. The van der Waals surface area contributed by atoms with E-state index in [0.717, 1.165) is 11.3 Å². The first-order valence-corrected chi connectivity index (χ1v) is 6.75. The lowest BCUT2D eigenvalue weighted by Crippen LogP contribution is -2.20. The molecular weight excluding hydrogens is 266 g/mol. The summed E-state index contributed by atoms with van der Waals surface area (Å²) in [5.74, 6) is 0.0995. The SMILES string of the molecule is CCN(c1cccc(C)c1)c1nccc(C(=O)OC)c1N. The number of esters is 1. The topological polar surface area (TPSA) is 68.5 Å². The lowest BCUT2D eigenvalue weighted by molar-refractivity contribution is 0.0602. The molecule has 0 aliphatic rings. The first-order valence-electron chi connectivity index (χ1n) is 6.75. The Balaban J connectivity index is 2.51. The van der Waals surface area contributed by atoms with E-state index in [9.17, 15) is 4.79 Å². The van der Waals surface area contributed by atoms with Gasteiger partial charge in [0.15, 0.2) is 5.82 Å². The van der Waals surface area contributed by atoms with E-state index in [4.69, 9.17) is 10.5 Å². The Morgan fingerprint density at radius 1 is 1.38 bits per heavy atom. The van der Waals surface area contributed by atoms with Crippen LogP contribution in [0, 0.1) is 6.92 Å². The summed E-state index contributed by atoms with van der Waals surface area (Å²) in [5, 5.41) is 0. The molecule has 0 saturated heterocycles. The zero-order valence-corrected chi connectivity index (χ0v) is 12.5. The highest BCUT2D eigenvalue weighted by molar-refractivity contribution is 5.98. The van der Waals surface area contributed by atoms with Crippen molar-refractivity contribution in [3.63, 3.8) is 0 Å². The number of benzene rings is 1. The van der Waals surface area contributed by atoms with Crippen LogP contribution < -0.4 is 10.6 Å². The molecule has 2 N–H and O–H groups in total. The third-order valence-corrected chi connectivity index (χ3v) is 3.26. The molecule has 5 heteroatoms. The van der Waals surface area contributed by atoms with E-state index in [1.165, 1.54) is 7.11 Å². The van der Waals surface area contributed by atoms with Crippen LogP contribution in [0.3, 0.4) is 0 Å². The van der Waals surface area contributed by atoms with Gasteiger partial charge in [0, 0.05) is 18.4 Å². The number of carbonyl (C=O) groups excluding carboxylic acids is 1. The summed E-state index contributed by atoms with van der Waals surface area (Å²) in [4.78, 5) is 18.0. The van der Waals surface area contributed by atoms with Gasteiger partial charge in [-0.2, -0.15) is 0 Å². The van der Waals surface area contributed by atoms with Crippen LogP contribution in [0.4, 0.5) is 17.2 Å². The van der Waals surface area contributed by atoms with E-state index in [0.29, 0.717) is 23.6 Å². The standard InChI is InChI=1S/C16H19N3O2/c1-4-19(12-7-5-6-11(2)10-12)15-14(17)13(8-9-18-15)16(20)21-3/h5-10H,4,17H2,1-3H3. The van der Waals surface area contributed by atoms with Gasteiger partial charge >= 0.3 is 5.97 Å². The number of nitrogen functional groups attached to an aromatic ring is 1. The second-order valence-corrected chi connectivity index (χ2v) is 4.67. The van der Waals surface area contributed by atoms with Crippen molar-refractivity contribution in [2.75, 3.05) is 24.3 Å². The average Bonchev–Trinajstić information content (AvgIpc) is 2.49. The van der Waals surface area contributed by atoms with Crippen LogP contribution in [0.5, 0.6) is 0 Å². The number of rotatable bonds is 4. The van der Waals surface area contributed by atoms with E-state index in [1.54, 1.807) is 12.3 Å². The highest BCUT2D eigenvalue weighted by atomic mass is 16.5. The van der Waals surface area contributed by atoms with E-state index in [2.05, 4.69) is 11.1 Å². The molecule has 21 heavy (non-hydrogen) atoms. The van der Waals surface area contributed by atoms with Gasteiger partial charge in [-0.3, -0.25) is 0 Å². The summed E-state index contributed by atoms with van der Waals surface area (Å²) in [5.41, 5.74) is 8.89. The molecule has 0 fully saturated rings. The number of aromatic nitrogens is 1. The molecule has 2 aromatic rings.